The van der Waals surface area contributed by atoms with Gasteiger partial charge in [-0.25, -0.2) is 24.1 Å². The standard InChI is InChI=1S/C23H24ClFN6O3S/c1-23(2,3)34-22(32)29-18-11(6-5-9-26-18)10-31-12-7-8-13(12)33-20-14-16(15(25)17(24)28-20)27-21(35-4)30-19(14)31/h5-6,9,12-13H,7-8,10H2,1-4H3,(H,26,29,32)/t12?,13-/m1/s1. The Hall–Kier alpha value is -2.92. The Morgan fingerprint density at radius 3 is 2.83 bits per heavy atom. The molecule has 1 fully saturated rings. The lowest BCUT2D eigenvalue weighted by Gasteiger charge is -2.42. The molecule has 1 amide bonds. The number of thioether (sulfide) groups is 1. The van der Waals surface area contributed by atoms with E-state index in [1.165, 1.54) is 11.8 Å². The molecule has 1 saturated carbocycles. The molecule has 35 heavy (non-hydrogen) atoms. The first-order valence-electron chi connectivity index (χ1n) is 11.1. The Kier molecular flexibility index (Phi) is 6.08. The Morgan fingerprint density at radius 2 is 2.14 bits per heavy atom. The molecule has 3 aromatic heterocycles. The van der Waals surface area contributed by atoms with Crippen LogP contribution in [0.5, 0.6) is 5.88 Å². The zero-order valence-electron chi connectivity index (χ0n) is 19.6. The van der Waals surface area contributed by atoms with Crippen LogP contribution in [-0.4, -0.2) is 50.0 Å². The van der Waals surface area contributed by atoms with E-state index in [1.807, 2.05) is 12.3 Å². The zero-order chi connectivity index (χ0) is 24.9. The van der Waals surface area contributed by atoms with E-state index in [0.29, 0.717) is 28.7 Å². The molecule has 1 aliphatic heterocycles. The number of pyridine rings is 2. The van der Waals surface area contributed by atoms with E-state index in [4.69, 9.17) is 26.1 Å². The van der Waals surface area contributed by atoms with Crippen molar-refractivity contribution in [1.82, 2.24) is 19.9 Å². The number of fused-ring (bicyclic) bond motifs is 1. The highest BCUT2D eigenvalue weighted by molar-refractivity contribution is 7.98. The summed E-state index contributed by atoms with van der Waals surface area (Å²) in [5, 5.41) is 3.24. The van der Waals surface area contributed by atoms with Crippen LogP contribution in [0, 0.1) is 5.82 Å². The number of anilines is 2. The first-order chi connectivity index (χ1) is 16.6. The van der Waals surface area contributed by atoms with Crippen molar-refractivity contribution in [3.8, 4) is 5.88 Å². The van der Waals surface area contributed by atoms with Crippen LogP contribution in [0.2, 0.25) is 5.15 Å². The fourth-order valence-electron chi connectivity index (χ4n) is 4.16. The number of halogens is 2. The third-order valence-electron chi connectivity index (χ3n) is 5.82. The van der Waals surface area contributed by atoms with Gasteiger partial charge in [-0.1, -0.05) is 29.4 Å². The molecule has 0 bridgehead atoms. The monoisotopic (exact) mass is 518 g/mol. The molecule has 3 aromatic rings. The number of nitrogens with one attached hydrogen (secondary N) is 1. The predicted molar refractivity (Wildman–Crippen MR) is 132 cm³/mol. The molecule has 9 nitrogen and oxygen atoms in total. The van der Waals surface area contributed by atoms with Gasteiger partial charge in [-0.15, -0.1) is 0 Å². The maximum absolute atomic E-state index is 15.0. The van der Waals surface area contributed by atoms with Crippen LogP contribution in [0.3, 0.4) is 0 Å². The second kappa shape index (κ2) is 8.94. The average molecular weight is 519 g/mol. The lowest BCUT2D eigenvalue weighted by atomic mass is 9.87. The molecular formula is C23H24ClFN6O3S. The van der Waals surface area contributed by atoms with Gasteiger partial charge in [0.05, 0.1) is 6.04 Å². The maximum atomic E-state index is 15.0. The van der Waals surface area contributed by atoms with Crippen molar-refractivity contribution in [2.45, 2.75) is 63.1 Å². The van der Waals surface area contributed by atoms with Gasteiger partial charge in [0.25, 0.3) is 0 Å². The summed E-state index contributed by atoms with van der Waals surface area (Å²) in [4.78, 5) is 32.1. The van der Waals surface area contributed by atoms with Crippen LogP contribution >= 0.6 is 23.4 Å². The van der Waals surface area contributed by atoms with E-state index in [0.717, 1.165) is 18.4 Å². The number of amides is 1. The van der Waals surface area contributed by atoms with Crippen molar-refractivity contribution >= 4 is 52.0 Å². The van der Waals surface area contributed by atoms with Gasteiger partial charge in [-0.3, -0.25) is 5.32 Å². The van der Waals surface area contributed by atoms with Crippen molar-refractivity contribution in [2.75, 3.05) is 16.5 Å². The SMILES string of the molecule is CSc1nc2c3c(nc(Cl)c(F)c3n1)O[C@@H]1CCC1N2Cc1cccnc1NC(=O)OC(C)(C)C. The molecule has 12 heteroatoms. The van der Waals surface area contributed by atoms with Gasteiger partial charge >= 0.3 is 6.09 Å². The van der Waals surface area contributed by atoms with Gasteiger partial charge < -0.3 is 14.4 Å². The number of carbonyl (C=O) groups is 1. The maximum Gasteiger partial charge on any atom is 0.413 e. The molecule has 4 heterocycles. The van der Waals surface area contributed by atoms with Crippen LogP contribution in [0.4, 0.5) is 20.8 Å². The minimum absolute atomic E-state index is 0.0339. The third-order valence-corrected chi connectivity index (χ3v) is 6.62. The molecule has 0 radical (unpaired) electrons. The van der Waals surface area contributed by atoms with Crippen LogP contribution in [-0.2, 0) is 11.3 Å². The summed E-state index contributed by atoms with van der Waals surface area (Å²) >= 11 is 7.38. The molecule has 184 valence electrons. The predicted octanol–water partition coefficient (Wildman–Crippen LogP) is 5.21. The largest absolute Gasteiger partial charge is 0.472 e. The van der Waals surface area contributed by atoms with Crippen molar-refractivity contribution in [3.63, 3.8) is 0 Å². The van der Waals surface area contributed by atoms with E-state index in [-0.39, 0.29) is 28.7 Å². The molecule has 5 rings (SSSR count). The number of hydrogen-bond donors (Lipinski definition) is 1. The molecule has 0 spiro atoms. The summed E-state index contributed by atoms with van der Waals surface area (Å²) in [5.74, 6) is 0.399. The van der Waals surface area contributed by atoms with Crippen molar-refractivity contribution in [1.29, 1.82) is 0 Å². The van der Waals surface area contributed by atoms with E-state index < -0.39 is 17.5 Å². The van der Waals surface area contributed by atoms with Crippen molar-refractivity contribution in [2.24, 2.45) is 0 Å². The minimum atomic E-state index is -0.712. The second-order valence-electron chi connectivity index (χ2n) is 9.35. The highest BCUT2D eigenvalue weighted by atomic mass is 35.5. The summed E-state index contributed by atoms with van der Waals surface area (Å²) in [6.07, 6.45) is 4.31. The number of nitrogens with zero attached hydrogens (tertiary/aromatic N) is 5. The molecule has 1 aliphatic carbocycles. The van der Waals surface area contributed by atoms with E-state index in [2.05, 4.69) is 25.2 Å². The minimum Gasteiger partial charge on any atom is -0.472 e. The quantitative estimate of drug-likeness (QED) is 0.283. The highest BCUT2D eigenvalue weighted by Gasteiger charge is 2.43. The Bertz CT molecular complexity index is 1320. The number of rotatable bonds is 4. The van der Waals surface area contributed by atoms with Crippen molar-refractivity contribution in [3.05, 3.63) is 34.9 Å². The number of hydrogen-bond acceptors (Lipinski definition) is 9. The lowest BCUT2D eigenvalue weighted by molar-refractivity contribution is 0.0635. The summed E-state index contributed by atoms with van der Waals surface area (Å²) in [6.45, 7) is 5.72. The fraction of sp³-hybridized carbons (Fsp3) is 0.435. The molecule has 0 aromatic carbocycles. The van der Waals surface area contributed by atoms with Crippen LogP contribution in [0.1, 0.15) is 39.2 Å². The molecule has 0 saturated heterocycles. The number of aromatic nitrogens is 4. The second-order valence-corrected chi connectivity index (χ2v) is 10.5. The summed E-state index contributed by atoms with van der Waals surface area (Å²) in [7, 11) is 0. The number of carbonyl (C=O) groups excluding carboxylic acids is 1. The third kappa shape index (κ3) is 4.54. The Morgan fingerprint density at radius 1 is 1.34 bits per heavy atom. The van der Waals surface area contributed by atoms with Gasteiger partial charge in [-0.05, 0) is 45.9 Å². The molecule has 2 atom stereocenters. The Labute approximate surface area is 210 Å². The van der Waals surface area contributed by atoms with Gasteiger partial charge in [0.1, 0.15) is 34.2 Å². The first kappa shape index (κ1) is 23.8. The smallest absolute Gasteiger partial charge is 0.413 e. The fourth-order valence-corrected chi connectivity index (χ4v) is 4.69. The molecule has 1 N–H and O–H groups in total. The average Bonchev–Trinajstić information content (AvgIpc) is 2.85. The van der Waals surface area contributed by atoms with E-state index in [9.17, 15) is 4.79 Å². The van der Waals surface area contributed by atoms with Gasteiger partial charge in [0, 0.05) is 18.3 Å². The zero-order valence-corrected chi connectivity index (χ0v) is 21.2. The van der Waals surface area contributed by atoms with Crippen LogP contribution in [0.15, 0.2) is 23.5 Å². The van der Waals surface area contributed by atoms with Crippen molar-refractivity contribution < 1.29 is 18.7 Å². The van der Waals surface area contributed by atoms with Crippen LogP contribution < -0.4 is 15.0 Å². The first-order valence-corrected chi connectivity index (χ1v) is 12.7. The highest BCUT2D eigenvalue weighted by Crippen LogP contribution is 2.45. The van der Waals surface area contributed by atoms with E-state index in [1.54, 1.807) is 33.0 Å². The number of ether oxygens (including phenoxy) is 2. The Balaban J connectivity index is 1.59. The van der Waals surface area contributed by atoms with Gasteiger partial charge in [0.15, 0.2) is 16.1 Å². The summed E-state index contributed by atoms with van der Waals surface area (Å²) in [6, 6.07) is 3.63. The lowest BCUT2D eigenvalue weighted by Crippen LogP contribution is -2.52. The normalized spacial score (nSPS) is 18.9. The van der Waals surface area contributed by atoms with E-state index >= 15 is 4.39 Å². The topological polar surface area (TPSA) is 102 Å². The summed E-state index contributed by atoms with van der Waals surface area (Å²) < 4.78 is 26.6. The van der Waals surface area contributed by atoms with Gasteiger partial charge in [0.2, 0.25) is 5.88 Å². The molecular weight excluding hydrogens is 495 g/mol. The van der Waals surface area contributed by atoms with Gasteiger partial charge in [-0.2, -0.15) is 4.98 Å². The van der Waals surface area contributed by atoms with Crippen LogP contribution in [0.25, 0.3) is 10.9 Å². The summed E-state index contributed by atoms with van der Waals surface area (Å²) in [5.41, 5.74) is 0.162. The molecule has 2 aliphatic rings. The molecule has 1 unspecified atom stereocenters.